The zero-order chi connectivity index (χ0) is 24.4. The molecule has 0 spiro atoms. The summed E-state index contributed by atoms with van der Waals surface area (Å²) in [6, 6.07) is 20.6. The van der Waals surface area contributed by atoms with E-state index in [-0.39, 0.29) is 11.9 Å². The SMILES string of the molecule is O=C(O)C1CCCC(N2C(=O)/C(=C\c3ccc(-c4ccccc4Oc4ccccc4)o3)SC2=S)C1. The maximum absolute atomic E-state index is 13.2. The van der Waals surface area contributed by atoms with Gasteiger partial charge in [0, 0.05) is 12.1 Å². The van der Waals surface area contributed by atoms with Gasteiger partial charge in [0.05, 0.1) is 16.4 Å². The van der Waals surface area contributed by atoms with Crippen molar-refractivity contribution in [3.63, 3.8) is 0 Å². The van der Waals surface area contributed by atoms with Crippen LogP contribution in [0.15, 0.2) is 76.1 Å². The molecule has 35 heavy (non-hydrogen) atoms. The maximum Gasteiger partial charge on any atom is 0.306 e. The van der Waals surface area contributed by atoms with Crippen LogP contribution in [0.5, 0.6) is 11.5 Å². The molecule has 1 aliphatic heterocycles. The van der Waals surface area contributed by atoms with E-state index in [0.29, 0.717) is 39.3 Å². The van der Waals surface area contributed by atoms with Crippen molar-refractivity contribution in [1.29, 1.82) is 0 Å². The first kappa shape index (κ1) is 23.4. The Morgan fingerprint density at radius 2 is 1.86 bits per heavy atom. The van der Waals surface area contributed by atoms with Gasteiger partial charge in [0.2, 0.25) is 0 Å². The summed E-state index contributed by atoms with van der Waals surface area (Å²) in [5.41, 5.74) is 0.797. The van der Waals surface area contributed by atoms with E-state index in [1.54, 1.807) is 11.0 Å². The van der Waals surface area contributed by atoms with Gasteiger partial charge in [0.1, 0.15) is 27.3 Å². The Kier molecular flexibility index (Phi) is 6.74. The lowest BCUT2D eigenvalue weighted by molar-refractivity contribution is -0.144. The van der Waals surface area contributed by atoms with Crippen molar-refractivity contribution >= 4 is 46.3 Å². The fourth-order valence-electron chi connectivity index (χ4n) is 4.50. The molecule has 8 heteroatoms. The van der Waals surface area contributed by atoms with Crippen molar-refractivity contribution in [2.45, 2.75) is 31.7 Å². The highest BCUT2D eigenvalue weighted by Gasteiger charge is 2.40. The number of hydrogen-bond donors (Lipinski definition) is 1. The molecule has 1 aliphatic carbocycles. The van der Waals surface area contributed by atoms with E-state index in [0.717, 1.165) is 24.2 Å². The van der Waals surface area contributed by atoms with Crippen LogP contribution in [0.1, 0.15) is 31.4 Å². The third-order valence-corrected chi connectivity index (χ3v) is 7.54. The Bertz CT molecular complexity index is 1300. The first-order valence-corrected chi connectivity index (χ1v) is 12.6. The topological polar surface area (TPSA) is 80.0 Å². The molecule has 5 rings (SSSR count). The van der Waals surface area contributed by atoms with Gasteiger partial charge in [-0.05, 0) is 55.7 Å². The predicted octanol–water partition coefficient (Wildman–Crippen LogP) is 6.58. The van der Waals surface area contributed by atoms with Crippen LogP contribution in [0, 0.1) is 5.92 Å². The summed E-state index contributed by atoms with van der Waals surface area (Å²) in [7, 11) is 0. The minimum Gasteiger partial charge on any atom is -0.481 e. The van der Waals surface area contributed by atoms with Gasteiger partial charge >= 0.3 is 5.97 Å². The molecule has 0 bridgehead atoms. The lowest BCUT2D eigenvalue weighted by atomic mass is 9.85. The van der Waals surface area contributed by atoms with E-state index >= 15 is 0 Å². The standard InChI is InChI=1S/C27H23NO5S2/c29-25-24(35-27(34)28(25)18-8-6-7-17(15-18)26(30)31)16-20-13-14-23(33-20)21-11-4-5-12-22(21)32-19-9-2-1-3-10-19/h1-5,9-14,16-18H,6-8,15H2,(H,30,31)/b24-16+. The number of thiocarbonyl (C=S) groups is 1. The molecule has 2 aromatic carbocycles. The molecule has 0 radical (unpaired) electrons. The second-order valence-corrected chi connectivity index (χ2v) is 10.2. The fraction of sp³-hybridized carbons (Fsp3) is 0.222. The average molecular weight is 506 g/mol. The first-order valence-electron chi connectivity index (χ1n) is 11.4. The summed E-state index contributed by atoms with van der Waals surface area (Å²) in [4.78, 5) is 26.7. The zero-order valence-corrected chi connectivity index (χ0v) is 20.4. The van der Waals surface area contributed by atoms with Crippen molar-refractivity contribution in [3.8, 4) is 22.8 Å². The summed E-state index contributed by atoms with van der Waals surface area (Å²) < 4.78 is 12.6. The van der Waals surface area contributed by atoms with Gasteiger partial charge in [0.25, 0.3) is 5.91 Å². The minimum absolute atomic E-state index is 0.183. The van der Waals surface area contributed by atoms with Crippen LogP contribution in [0.2, 0.25) is 0 Å². The van der Waals surface area contributed by atoms with Gasteiger partial charge in [-0.25, -0.2) is 0 Å². The minimum atomic E-state index is -0.810. The third kappa shape index (κ3) is 5.04. The molecule has 3 aromatic rings. The molecule has 1 saturated carbocycles. The van der Waals surface area contributed by atoms with Crippen molar-refractivity contribution < 1.29 is 23.8 Å². The number of furan rings is 1. The van der Waals surface area contributed by atoms with Crippen LogP contribution < -0.4 is 4.74 Å². The van der Waals surface area contributed by atoms with Gasteiger partial charge in [-0.1, -0.05) is 60.7 Å². The Morgan fingerprint density at radius 1 is 1.09 bits per heavy atom. The number of rotatable bonds is 6. The molecule has 6 nitrogen and oxygen atoms in total. The Morgan fingerprint density at radius 3 is 2.66 bits per heavy atom. The number of thioether (sulfide) groups is 1. The summed E-state index contributed by atoms with van der Waals surface area (Å²) in [6.07, 6.45) is 4.29. The molecular formula is C27H23NO5S2. The Labute approximate surface area is 212 Å². The van der Waals surface area contributed by atoms with Crippen molar-refractivity contribution in [3.05, 3.63) is 77.4 Å². The smallest absolute Gasteiger partial charge is 0.306 e. The number of nitrogens with zero attached hydrogens (tertiary/aromatic N) is 1. The third-order valence-electron chi connectivity index (χ3n) is 6.21. The fourth-order valence-corrected chi connectivity index (χ4v) is 5.88. The zero-order valence-electron chi connectivity index (χ0n) is 18.8. The number of para-hydroxylation sites is 2. The summed E-state index contributed by atoms with van der Waals surface area (Å²) in [5.74, 6) is 1.10. The van der Waals surface area contributed by atoms with Crippen molar-refractivity contribution in [2.75, 3.05) is 0 Å². The van der Waals surface area contributed by atoms with Crippen LogP contribution >= 0.6 is 24.0 Å². The normalized spacial score (nSPS) is 21.5. The van der Waals surface area contributed by atoms with E-state index in [1.807, 2.05) is 66.7 Å². The highest BCUT2D eigenvalue weighted by molar-refractivity contribution is 8.26. The van der Waals surface area contributed by atoms with Crippen LogP contribution in [-0.2, 0) is 9.59 Å². The van der Waals surface area contributed by atoms with Gasteiger partial charge < -0.3 is 14.3 Å². The average Bonchev–Trinajstić information content (AvgIpc) is 3.44. The van der Waals surface area contributed by atoms with E-state index in [2.05, 4.69) is 0 Å². The summed E-state index contributed by atoms with van der Waals surface area (Å²) in [5, 5.41) is 9.40. The second-order valence-electron chi connectivity index (χ2n) is 8.52. The van der Waals surface area contributed by atoms with Crippen LogP contribution in [0.3, 0.4) is 0 Å². The Balaban J connectivity index is 1.35. The molecule has 1 amide bonds. The van der Waals surface area contributed by atoms with Gasteiger partial charge in [0.15, 0.2) is 0 Å². The largest absolute Gasteiger partial charge is 0.481 e. The number of carbonyl (C=O) groups is 2. The van der Waals surface area contributed by atoms with Crippen LogP contribution in [-0.4, -0.2) is 32.2 Å². The Hall–Kier alpha value is -3.36. The molecule has 2 aliphatic rings. The summed E-state index contributed by atoms with van der Waals surface area (Å²) >= 11 is 6.72. The van der Waals surface area contributed by atoms with Gasteiger partial charge in [-0.2, -0.15) is 0 Å². The monoisotopic (exact) mass is 505 g/mol. The predicted molar refractivity (Wildman–Crippen MR) is 139 cm³/mol. The van der Waals surface area contributed by atoms with E-state index < -0.39 is 11.9 Å². The molecule has 1 aromatic heterocycles. The number of ether oxygens (including phenoxy) is 1. The molecule has 178 valence electrons. The van der Waals surface area contributed by atoms with E-state index in [1.165, 1.54) is 11.8 Å². The highest BCUT2D eigenvalue weighted by Crippen LogP contribution is 2.40. The molecule has 1 N–H and O–H groups in total. The van der Waals surface area contributed by atoms with Gasteiger partial charge in [-0.15, -0.1) is 0 Å². The number of aliphatic carboxylic acids is 1. The molecule has 2 fully saturated rings. The van der Waals surface area contributed by atoms with Crippen LogP contribution in [0.4, 0.5) is 0 Å². The van der Waals surface area contributed by atoms with E-state index in [4.69, 9.17) is 21.4 Å². The van der Waals surface area contributed by atoms with Gasteiger partial charge in [-0.3, -0.25) is 14.5 Å². The maximum atomic E-state index is 13.2. The lowest BCUT2D eigenvalue weighted by Crippen LogP contribution is -2.42. The summed E-state index contributed by atoms with van der Waals surface area (Å²) in [6.45, 7) is 0. The van der Waals surface area contributed by atoms with Crippen LogP contribution in [0.25, 0.3) is 17.4 Å². The molecule has 2 unspecified atom stereocenters. The van der Waals surface area contributed by atoms with Crippen molar-refractivity contribution in [2.24, 2.45) is 5.92 Å². The molecule has 1 saturated heterocycles. The molecular weight excluding hydrogens is 482 g/mol. The highest BCUT2D eigenvalue weighted by atomic mass is 32.2. The number of benzene rings is 2. The first-order chi connectivity index (χ1) is 17.0. The van der Waals surface area contributed by atoms with Crippen molar-refractivity contribution in [1.82, 2.24) is 4.90 Å². The quantitative estimate of drug-likeness (QED) is 0.299. The number of carboxylic acid groups (broad SMARTS) is 1. The number of hydrogen-bond acceptors (Lipinski definition) is 6. The lowest BCUT2D eigenvalue weighted by Gasteiger charge is -2.32. The molecule has 2 heterocycles. The number of carbonyl (C=O) groups excluding carboxylic acids is 1. The second kappa shape index (κ2) is 10.1. The number of carboxylic acids is 1. The molecule has 2 atom stereocenters. The van der Waals surface area contributed by atoms with E-state index in [9.17, 15) is 14.7 Å². The number of amides is 1.